The van der Waals surface area contributed by atoms with E-state index < -0.39 is 0 Å². The van der Waals surface area contributed by atoms with Crippen molar-refractivity contribution in [1.29, 1.82) is 0 Å². The van der Waals surface area contributed by atoms with E-state index in [1.54, 1.807) is 56.5 Å². The maximum atomic E-state index is 12.1. The van der Waals surface area contributed by atoms with Crippen LogP contribution in [0.25, 0.3) is 0 Å². The van der Waals surface area contributed by atoms with Crippen molar-refractivity contribution in [2.24, 2.45) is 0 Å². The van der Waals surface area contributed by atoms with E-state index in [2.05, 4.69) is 25.9 Å². The normalized spacial score (nSPS) is 10.2. The van der Waals surface area contributed by atoms with Gasteiger partial charge >= 0.3 is 6.03 Å². The molecule has 3 rings (SSSR count). The summed E-state index contributed by atoms with van der Waals surface area (Å²) in [5.41, 5.74) is 2.08. The summed E-state index contributed by atoms with van der Waals surface area (Å²) in [6.45, 7) is 1.79. The number of halogens is 1. The molecule has 2 aromatic carbocycles. The van der Waals surface area contributed by atoms with Crippen LogP contribution in [0.5, 0.6) is 5.88 Å². The second-order valence-electron chi connectivity index (χ2n) is 5.63. The fourth-order valence-electron chi connectivity index (χ4n) is 2.35. The first-order valence-electron chi connectivity index (χ1n) is 8.12. The number of nitrogens with one attached hydrogen (secondary N) is 3. The Balaban J connectivity index is 1.61. The zero-order valence-electron chi connectivity index (χ0n) is 14.8. The van der Waals surface area contributed by atoms with E-state index in [1.165, 1.54) is 0 Å². The molecule has 3 aromatic rings. The molecule has 2 amide bonds. The molecule has 138 valence electrons. The Hall–Kier alpha value is -3.32. The minimum absolute atomic E-state index is 0.353. The van der Waals surface area contributed by atoms with Gasteiger partial charge < -0.3 is 20.7 Å². The number of carbonyl (C=O) groups is 1. The van der Waals surface area contributed by atoms with Gasteiger partial charge in [0.15, 0.2) is 0 Å². The van der Waals surface area contributed by atoms with Gasteiger partial charge in [-0.2, -0.15) is 4.98 Å². The van der Waals surface area contributed by atoms with Gasteiger partial charge in [-0.3, -0.25) is 0 Å². The van der Waals surface area contributed by atoms with Gasteiger partial charge in [0.25, 0.3) is 0 Å². The third kappa shape index (κ3) is 5.32. The van der Waals surface area contributed by atoms with E-state index in [-0.39, 0.29) is 6.03 Å². The Morgan fingerprint density at radius 2 is 1.67 bits per heavy atom. The number of anilines is 4. The van der Waals surface area contributed by atoms with Crippen molar-refractivity contribution < 1.29 is 9.53 Å². The average Bonchev–Trinajstić information content (AvgIpc) is 2.63. The van der Waals surface area contributed by atoms with Crippen molar-refractivity contribution in [2.45, 2.75) is 6.92 Å². The fraction of sp³-hybridized carbons (Fsp3) is 0.105. The standard InChI is InChI=1S/C19H18ClN5O2/c1-12-21-17(11-18(22-12)27-2)23-14-6-8-15(9-7-14)24-19(26)25-16-5-3-4-13(20)10-16/h3-11H,1-2H3,(H,21,22,23)(H2,24,25,26). The summed E-state index contributed by atoms with van der Waals surface area (Å²) in [4.78, 5) is 20.5. The highest BCUT2D eigenvalue weighted by molar-refractivity contribution is 6.30. The lowest BCUT2D eigenvalue weighted by atomic mass is 10.2. The summed E-state index contributed by atoms with van der Waals surface area (Å²) < 4.78 is 5.14. The zero-order valence-corrected chi connectivity index (χ0v) is 15.5. The molecule has 8 heteroatoms. The molecule has 0 aliphatic heterocycles. The Kier molecular flexibility index (Phi) is 5.73. The first-order chi connectivity index (χ1) is 13.0. The van der Waals surface area contributed by atoms with Crippen LogP contribution in [0.4, 0.5) is 27.7 Å². The maximum absolute atomic E-state index is 12.1. The first kappa shape index (κ1) is 18.5. The highest BCUT2D eigenvalue weighted by Gasteiger charge is 2.05. The third-order valence-electron chi connectivity index (χ3n) is 3.52. The van der Waals surface area contributed by atoms with E-state index in [1.807, 2.05) is 12.1 Å². The molecule has 0 aliphatic carbocycles. The second-order valence-corrected chi connectivity index (χ2v) is 6.07. The van der Waals surface area contributed by atoms with Gasteiger partial charge in [-0.25, -0.2) is 9.78 Å². The summed E-state index contributed by atoms with van der Waals surface area (Å²) in [7, 11) is 1.56. The van der Waals surface area contributed by atoms with E-state index >= 15 is 0 Å². The molecule has 0 atom stereocenters. The largest absolute Gasteiger partial charge is 0.481 e. The molecule has 1 heterocycles. The number of rotatable bonds is 5. The minimum Gasteiger partial charge on any atom is -0.481 e. The van der Waals surface area contributed by atoms with Crippen LogP contribution in [0.2, 0.25) is 5.02 Å². The van der Waals surface area contributed by atoms with Crippen LogP contribution in [0.1, 0.15) is 5.82 Å². The van der Waals surface area contributed by atoms with E-state index in [0.717, 1.165) is 5.69 Å². The lowest BCUT2D eigenvalue weighted by molar-refractivity contribution is 0.262. The monoisotopic (exact) mass is 383 g/mol. The number of urea groups is 1. The average molecular weight is 384 g/mol. The van der Waals surface area contributed by atoms with Crippen LogP contribution in [-0.4, -0.2) is 23.1 Å². The van der Waals surface area contributed by atoms with Crippen LogP contribution < -0.4 is 20.7 Å². The minimum atomic E-state index is -0.353. The van der Waals surface area contributed by atoms with Crippen LogP contribution in [0.15, 0.2) is 54.6 Å². The number of aryl methyl sites for hydroxylation is 1. The van der Waals surface area contributed by atoms with Crippen LogP contribution in [-0.2, 0) is 0 Å². The van der Waals surface area contributed by atoms with Crippen molar-refractivity contribution in [2.75, 3.05) is 23.1 Å². The van der Waals surface area contributed by atoms with E-state index in [4.69, 9.17) is 16.3 Å². The molecule has 0 fully saturated rings. The number of methoxy groups -OCH3 is 1. The van der Waals surface area contributed by atoms with Gasteiger partial charge in [0.05, 0.1) is 7.11 Å². The van der Waals surface area contributed by atoms with Gasteiger partial charge in [0, 0.05) is 28.2 Å². The van der Waals surface area contributed by atoms with Gasteiger partial charge in [-0.15, -0.1) is 0 Å². The molecular weight excluding hydrogens is 366 g/mol. The summed E-state index contributed by atoms with van der Waals surface area (Å²) >= 11 is 5.91. The predicted octanol–water partition coefficient (Wildman–Crippen LogP) is 4.83. The van der Waals surface area contributed by atoms with Crippen molar-refractivity contribution >= 4 is 40.5 Å². The maximum Gasteiger partial charge on any atom is 0.323 e. The number of amides is 2. The molecule has 0 bridgehead atoms. The van der Waals surface area contributed by atoms with Gasteiger partial charge in [-0.1, -0.05) is 17.7 Å². The smallest absolute Gasteiger partial charge is 0.323 e. The molecule has 3 N–H and O–H groups in total. The lowest BCUT2D eigenvalue weighted by Crippen LogP contribution is -2.19. The van der Waals surface area contributed by atoms with E-state index in [0.29, 0.717) is 33.9 Å². The Morgan fingerprint density at radius 1 is 0.963 bits per heavy atom. The number of aromatic nitrogens is 2. The number of ether oxygens (including phenoxy) is 1. The third-order valence-corrected chi connectivity index (χ3v) is 3.76. The van der Waals surface area contributed by atoms with Gasteiger partial charge in [-0.05, 0) is 49.4 Å². The number of carbonyl (C=O) groups excluding carboxylic acids is 1. The summed E-state index contributed by atoms with van der Waals surface area (Å²) in [6.07, 6.45) is 0. The van der Waals surface area contributed by atoms with Gasteiger partial charge in [0.1, 0.15) is 11.6 Å². The molecule has 0 unspecified atom stereocenters. The Morgan fingerprint density at radius 3 is 2.37 bits per heavy atom. The molecule has 27 heavy (non-hydrogen) atoms. The molecule has 7 nitrogen and oxygen atoms in total. The van der Waals surface area contributed by atoms with Crippen LogP contribution in [0.3, 0.4) is 0 Å². The molecule has 0 saturated heterocycles. The van der Waals surface area contributed by atoms with Crippen LogP contribution in [0, 0.1) is 6.92 Å². The predicted molar refractivity (Wildman–Crippen MR) is 107 cm³/mol. The molecular formula is C19H18ClN5O2. The van der Waals surface area contributed by atoms with Crippen molar-refractivity contribution in [3.8, 4) is 5.88 Å². The molecule has 0 radical (unpaired) electrons. The number of benzene rings is 2. The van der Waals surface area contributed by atoms with Crippen molar-refractivity contribution in [1.82, 2.24) is 9.97 Å². The van der Waals surface area contributed by atoms with Crippen molar-refractivity contribution in [3.63, 3.8) is 0 Å². The number of hydrogen-bond donors (Lipinski definition) is 3. The summed E-state index contributed by atoms with van der Waals surface area (Å²) in [6, 6.07) is 15.5. The molecule has 0 saturated carbocycles. The van der Waals surface area contributed by atoms with Crippen LogP contribution >= 0.6 is 11.6 Å². The quantitative estimate of drug-likeness (QED) is 0.587. The SMILES string of the molecule is COc1cc(Nc2ccc(NC(=O)Nc3cccc(Cl)c3)cc2)nc(C)n1. The van der Waals surface area contributed by atoms with Gasteiger partial charge in [0.2, 0.25) is 5.88 Å². The topological polar surface area (TPSA) is 88.2 Å². The molecule has 0 aliphatic rings. The first-order valence-corrected chi connectivity index (χ1v) is 8.50. The summed E-state index contributed by atoms with van der Waals surface area (Å²) in [5, 5.41) is 9.21. The molecule has 1 aromatic heterocycles. The number of hydrogen-bond acceptors (Lipinski definition) is 5. The highest BCUT2D eigenvalue weighted by atomic mass is 35.5. The zero-order chi connectivity index (χ0) is 19.2. The highest BCUT2D eigenvalue weighted by Crippen LogP contribution is 2.21. The second kappa shape index (κ2) is 8.37. The summed E-state index contributed by atoms with van der Waals surface area (Å²) in [5.74, 6) is 1.72. The Bertz CT molecular complexity index is 947. The molecule has 0 spiro atoms. The van der Waals surface area contributed by atoms with E-state index in [9.17, 15) is 4.79 Å². The number of nitrogens with zero attached hydrogens (tertiary/aromatic N) is 2. The Labute approximate surface area is 161 Å². The fourth-order valence-corrected chi connectivity index (χ4v) is 2.54. The van der Waals surface area contributed by atoms with Crippen molar-refractivity contribution in [3.05, 3.63) is 65.4 Å². The lowest BCUT2D eigenvalue weighted by Gasteiger charge is -2.10.